The van der Waals surface area contributed by atoms with Crippen molar-refractivity contribution in [2.75, 3.05) is 13.7 Å². The van der Waals surface area contributed by atoms with Crippen molar-refractivity contribution in [2.45, 2.75) is 24.8 Å². The van der Waals surface area contributed by atoms with E-state index in [1.54, 1.807) is 0 Å². The first kappa shape index (κ1) is 13.1. The SMILES string of the molecule is CNC(Cc1ccncc1)C1CCOc2ccccc21. The van der Waals surface area contributed by atoms with Crippen LogP contribution in [0.1, 0.15) is 23.5 Å². The number of hydrogen-bond acceptors (Lipinski definition) is 3. The average Bonchev–Trinajstić information content (AvgIpc) is 2.53. The quantitative estimate of drug-likeness (QED) is 0.926. The standard InChI is InChI=1S/C17H20N2O/c1-18-16(12-13-6-9-19-10-7-13)14-8-11-20-17-5-3-2-4-15(14)17/h2-7,9-10,14,16,18H,8,11-12H2,1H3. The molecule has 1 aliphatic heterocycles. The zero-order valence-corrected chi connectivity index (χ0v) is 11.8. The van der Waals surface area contributed by atoms with Crippen LogP contribution < -0.4 is 10.1 Å². The number of benzene rings is 1. The molecule has 2 atom stereocenters. The highest BCUT2D eigenvalue weighted by atomic mass is 16.5. The Morgan fingerprint density at radius 1 is 1.25 bits per heavy atom. The molecule has 1 aromatic heterocycles. The summed E-state index contributed by atoms with van der Waals surface area (Å²) in [4.78, 5) is 4.09. The van der Waals surface area contributed by atoms with Crippen molar-refractivity contribution >= 4 is 0 Å². The summed E-state index contributed by atoms with van der Waals surface area (Å²) in [6.07, 6.45) is 5.80. The lowest BCUT2D eigenvalue weighted by Crippen LogP contribution is -2.36. The largest absolute Gasteiger partial charge is 0.493 e. The number of nitrogens with zero attached hydrogens (tertiary/aromatic N) is 1. The van der Waals surface area contributed by atoms with Crippen LogP contribution in [0.5, 0.6) is 5.75 Å². The smallest absolute Gasteiger partial charge is 0.122 e. The van der Waals surface area contributed by atoms with E-state index in [-0.39, 0.29) is 0 Å². The molecule has 0 saturated heterocycles. The number of hydrogen-bond donors (Lipinski definition) is 1. The van der Waals surface area contributed by atoms with E-state index in [9.17, 15) is 0 Å². The third-order valence-electron chi connectivity index (χ3n) is 4.07. The van der Waals surface area contributed by atoms with Crippen molar-refractivity contribution < 1.29 is 4.74 Å². The normalized spacial score (nSPS) is 18.9. The van der Waals surface area contributed by atoms with Crippen LogP contribution >= 0.6 is 0 Å². The van der Waals surface area contributed by atoms with E-state index in [1.165, 1.54) is 11.1 Å². The summed E-state index contributed by atoms with van der Waals surface area (Å²) in [5.74, 6) is 1.54. The third-order valence-corrected chi connectivity index (χ3v) is 4.07. The van der Waals surface area contributed by atoms with E-state index in [4.69, 9.17) is 4.74 Å². The van der Waals surface area contributed by atoms with E-state index in [0.29, 0.717) is 12.0 Å². The molecule has 2 aromatic rings. The maximum atomic E-state index is 5.76. The highest BCUT2D eigenvalue weighted by molar-refractivity contribution is 5.39. The molecule has 0 radical (unpaired) electrons. The van der Waals surface area contributed by atoms with Crippen molar-refractivity contribution in [3.8, 4) is 5.75 Å². The minimum atomic E-state index is 0.419. The molecule has 3 rings (SSSR count). The topological polar surface area (TPSA) is 34.2 Å². The Kier molecular flexibility index (Phi) is 3.97. The Balaban J connectivity index is 1.84. The van der Waals surface area contributed by atoms with Gasteiger partial charge in [0.15, 0.2) is 0 Å². The molecule has 1 N–H and O–H groups in total. The second-order valence-corrected chi connectivity index (χ2v) is 5.24. The number of ether oxygens (including phenoxy) is 1. The molecule has 1 aliphatic rings. The predicted octanol–water partition coefficient (Wildman–Crippen LogP) is 2.78. The fraction of sp³-hybridized carbons (Fsp3) is 0.353. The van der Waals surface area contributed by atoms with E-state index in [0.717, 1.165) is 25.2 Å². The summed E-state index contributed by atoms with van der Waals surface area (Å²) >= 11 is 0. The van der Waals surface area contributed by atoms with Crippen LogP contribution in [0.3, 0.4) is 0 Å². The van der Waals surface area contributed by atoms with Crippen LogP contribution in [-0.4, -0.2) is 24.7 Å². The molecular formula is C17H20N2O. The molecule has 1 aromatic carbocycles. The van der Waals surface area contributed by atoms with E-state index in [2.05, 4.69) is 40.6 Å². The van der Waals surface area contributed by atoms with Gasteiger partial charge in [-0.3, -0.25) is 4.98 Å². The zero-order chi connectivity index (χ0) is 13.8. The van der Waals surface area contributed by atoms with Gasteiger partial charge in [-0.2, -0.15) is 0 Å². The van der Waals surface area contributed by atoms with Gasteiger partial charge in [-0.15, -0.1) is 0 Å². The Bertz CT molecular complexity index is 556. The Hall–Kier alpha value is -1.87. The molecule has 3 heteroatoms. The van der Waals surface area contributed by atoms with E-state index >= 15 is 0 Å². The zero-order valence-electron chi connectivity index (χ0n) is 11.8. The summed E-state index contributed by atoms with van der Waals surface area (Å²) in [5, 5.41) is 3.49. The lowest BCUT2D eigenvalue weighted by Gasteiger charge is -2.32. The van der Waals surface area contributed by atoms with Gasteiger partial charge in [0.1, 0.15) is 5.75 Å². The first-order chi connectivity index (χ1) is 9.88. The molecule has 0 aliphatic carbocycles. The number of aromatic nitrogens is 1. The van der Waals surface area contributed by atoms with Crippen LogP contribution in [-0.2, 0) is 6.42 Å². The molecule has 2 heterocycles. The molecule has 0 fully saturated rings. The van der Waals surface area contributed by atoms with Gasteiger partial charge in [0.2, 0.25) is 0 Å². The molecule has 0 spiro atoms. The molecule has 0 bridgehead atoms. The lowest BCUT2D eigenvalue weighted by molar-refractivity contribution is 0.247. The van der Waals surface area contributed by atoms with Gasteiger partial charge in [0.05, 0.1) is 6.61 Å². The summed E-state index contributed by atoms with van der Waals surface area (Å²) < 4.78 is 5.76. The van der Waals surface area contributed by atoms with Gasteiger partial charge in [-0.05, 0) is 49.2 Å². The molecule has 0 saturated carbocycles. The molecular weight excluding hydrogens is 248 g/mol. The number of nitrogens with one attached hydrogen (secondary N) is 1. The average molecular weight is 268 g/mol. The maximum Gasteiger partial charge on any atom is 0.122 e. The van der Waals surface area contributed by atoms with Crippen LogP contribution in [0.4, 0.5) is 0 Å². The number of likely N-dealkylation sites (N-methyl/N-ethyl adjacent to an activating group) is 1. The minimum Gasteiger partial charge on any atom is -0.493 e. The van der Waals surface area contributed by atoms with Crippen molar-refractivity contribution in [2.24, 2.45) is 0 Å². The second kappa shape index (κ2) is 6.06. The van der Waals surface area contributed by atoms with Gasteiger partial charge < -0.3 is 10.1 Å². The number of fused-ring (bicyclic) bond motifs is 1. The molecule has 20 heavy (non-hydrogen) atoms. The second-order valence-electron chi connectivity index (χ2n) is 5.24. The summed E-state index contributed by atoms with van der Waals surface area (Å²) in [6, 6.07) is 13.0. The summed E-state index contributed by atoms with van der Waals surface area (Å²) in [7, 11) is 2.05. The van der Waals surface area contributed by atoms with Gasteiger partial charge in [-0.1, -0.05) is 18.2 Å². The number of pyridine rings is 1. The van der Waals surface area contributed by atoms with Crippen molar-refractivity contribution in [3.05, 3.63) is 59.9 Å². The van der Waals surface area contributed by atoms with E-state index in [1.807, 2.05) is 25.5 Å². The monoisotopic (exact) mass is 268 g/mol. The molecule has 104 valence electrons. The van der Waals surface area contributed by atoms with Crippen LogP contribution in [0.25, 0.3) is 0 Å². The van der Waals surface area contributed by atoms with Gasteiger partial charge in [0.25, 0.3) is 0 Å². The Labute approximate surface area is 120 Å². The summed E-state index contributed by atoms with van der Waals surface area (Å²) in [6.45, 7) is 0.802. The summed E-state index contributed by atoms with van der Waals surface area (Å²) in [5.41, 5.74) is 2.65. The van der Waals surface area contributed by atoms with E-state index < -0.39 is 0 Å². The lowest BCUT2D eigenvalue weighted by atomic mass is 9.84. The molecule has 3 nitrogen and oxygen atoms in total. The van der Waals surface area contributed by atoms with Gasteiger partial charge in [-0.25, -0.2) is 0 Å². The number of rotatable bonds is 4. The van der Waals surface area contributed by atoms with Crippen LogP contribution in [0.15, 0.2) is 48.8 Å². The van der Waals surface area contributed by atoms with Crippen molar-refractivity contribution in [3.63, 3.8) is 0 Å². The predicted molar refractivity (Wildman–Crippen MR) is 80.1 cm³/mol. The fourth-order valence-corrected chi connectivity index (χ4v) is 3.01. The highest BCUT2D eigenvalue weighted by Crippen LogP contribution is 2.36. The Morgan fingerprint density at radius 2 is 2.05 bits per heavy atom. The fourth-order valence-electron chi connectivity index (χ4n) is 3.01. The first-order valence-electron chi connectivity index (χ1n) is 7.16. The highest BCUT2D eigenvalue weighted by Gasteiger charge is 2.27. The Morgan fingerprint density at radius 3 is 2.85 bits per heavy atom. The first-order valence-corrected chi connectivity index (χ1v) is 7.16. The molecule has 2 unspecified atom stereocenters. The van der Waals surface area contributed by atoms with Crippen molar-refractivity contribution in [1.29, 1.82) is 0 Å². The minimum absolute atomic E-state index is 0.419. The van der Waals surface area contributed by atoms with Crippen molar-refractivity contribution in [1.82, 2.24) is 10.3 Å². The molecule has 0 amide bonds. The van der Waals surface area contributed by atoms with Crippen LogP contribution in [0, 0.1) is 0 Å². The van der Waals surface area contributed by atoms with Gasteiger partial charge >= 0.3 is 0 Å². The van der Waals surface area contributed by atoms with Crippen LogP contribution in [0.2, 0.25) is 0 Å². The van der Waals surface area contributed by atoms with Gasteiger partial charge in [0, 0.05) is 24.4 Å². The third kappa shape index (κ3) is 2.68. The maximum absolute atomic E-state index is 5.76. The number of para-hydroxylation sites is 1.